The van der Waals surface area contributed by atoms with Gasteiger partial charge in [0.15, 0.2) is 0 Å². The van der Waals surface area contributed by atoms with Crippen LogP contribution in [0.4, 0.5) is 5.69 Å². The summed E-state index contributed by atoms with van der Waals surface area (Å²) in [6.07, 6.45) is -0.233. The van der Waals surface area contributed by atoms with Crippen molar-refractivity contribution in [3.63, 3.8) is 0 Å². The molecule has 4 N–H and O–H groups in total. The molecule has 0 heterocycles. The van der Waals surface area contributed by atoms with Gasteiger partial charge in [0.05, 0.1) is 6.42 Å². The maximum Gasteiger partial charge on any atom is 0.321 e. The van der Waals surface area contributed by atoms with Crippen molar-refractivity contribution in [2.45, 2.75) is 19.4 Å². The maximum absolute atomic E-state index is 11.4. The summed E-state index contributed by atoms with van der Waals surface area (Å²) in [6.45, 7) is 1.90. The molecule has 1 atom stereocenters. The number of carboxylic acids is 1. The standard InChI is InChI=1S/C11H14N2O3/c1-7-3-2-4-8(5-7)13-10(14)6-9(12)11(15)16/h2-5,9H,6,12H2,1H3,(H,13,14)(H,15,16). The molecule has 1 unspecified atom stereocenters. The van der Waals surface area contributed by atoms with Crippen LogP contribution in [0.5, 0.6) is 0 Å². The third-order valence-electron chi connectivity index (χ3n) is 2.02. The van der Waals surface area contributed by atoms with E-state index in [0.717, 1.165) is 5.56 Å². The second kappa shape index (κ2) is 5.27. The summed E-state index contributed by atoms with van der Waals surface area (Å²) >= 11 is 0. The molecule has 0 aliphatic rings. The zero-order valence-electron chi connectivity index (χ0n) is 8.93. The maximum atomic E-state index is 11.4. The van der Waals surface area contributed by atoms with E-state index in [-0.39, 0.29) is 6.42 Å². The molecule has 0 bridgehead atoms. The fourth-order valence-corrected chi connectivity index (χ4v) is 1.22. The third-order valence-corrected chi connectivity index (χ3v) is 2.02. The van der Waals surface area contributed by atoms with E-state index in [4.69, 9.17) is 10.8 Å². The average molecular weight is 222 g/mol. The fraction of sp³-hybridized carbons (Fsp3) is 0.273. The van der Waals surface area contributed by atoms with Gasteiger partial charge in [-0.3, -0.25) is 9.59 Å². The molecule has 1 amide bonds. The summed E-state index contributed by atoms with van der Waals surface area (Å²) in [6, 6.07) is 6.08. The summed E-state index contributed by atoms with van der Waals surface area (Å²) in [7, 11) is 0. The van der Waals surface area contributed by atoms with Crippen molar-refractivity contribution in [3.8, 4) is 0 Å². The zero-order valence-corrected chi connectivity index (χ0v) is 8.93. The number of benzene rings is 1. The number of nitrogens with one attached hydrogen (secondary N) is 1. The first kappa shape index (κ1) is 12.2. The van der Waals surface area contributed by atoms with Crippen LogP contribution in [0, 0.1) is 6.92 Å². The molecule has 0 aliphatic carbocycles. The second-order valence-corrected chi connectivity index (χ2v) is 3.57. The Bertz CT molecular complexity index is 404. The predicted octanol–water partition coefficient (Wildman–Crippen LogP) is 0.736. The van der Waals surface area contributed by atoms with E-state index in [1.807, 2.05) is 19.1 Å². The van der Waals surface area contributed by atoms with Gasteiger partial charge in [0.25, 0.3) is 0 Å². The topological polar surface area (TPSA) is 92.4 Å². The van der Waals surface area contributed by atoms with Crippen molar-refractivity contribution in [3.05, 3.63) is 29.8 Å². The van der Waals surface area contributed by atoms with Crippen molar-refractivity contribution in [1.29, 1.82) is 0 Å². The van der Waals surface area contributed by atoms with Crippen molar-refractivity contribution in [2.75, 3.05) is 5.32 Å². The Morgan fingerprint density at radius 3 is 2.75 bits per heavy atom. The van der Waals surface area contributed by atoms with Crippen molar-refractivity contribution >= 4 is 17.6 Å². The Balaban J connectivity index is 2.55. The number of carboxylic acid groups (broad SMARTS) is 1. The number of carbonyl (C=O) groups excluding carboxylic acids is 1. The lowest BCUT2D eigenvalue weighted by Crippen LogP contribution is -2.34. The number of nitrogens with two attached hydrogens (primary N) is 1. The number of aryl methyl sites for hydroxylation is 1. The Morgan fingerprint density at radius 1 is 1.50 bits per heavy atom. The van der Waals surface area contributed by atoms with Crippen molar-refractivity contribution in [2.24, 2.45) is 5.73 Å². The molecule has 5 heteroatoms. The highest BCUT2D eigenvalue weighted by Crippen LogP contribution is 2.09. The molecule has 0 aliphatic heterocycles. The van der Waals surface area contributed by atoms with Crippen LogP contribution in [-0.4, -0.2) is 23.0 Å². The Hall–Kier alpha value is -1.88. The molecule has 0 radical (unpaired) electrons. The molecular weight excluding hydrogens is 208 g/mol. The highest BCUT2D eigenvalue weighted by atomic mass is 16.4. The Labute approximate surface area is 93.3 Å². The quantitative estimate of drug-likeness (QED) is 0.700. The Morgan fingerprint density at radius 2 is 2.19 bits per heavy atom. The number of hydrogen-bond donors (Lipinski definition) is 3. The third kappa shape index (κ3) is 3.70. The molecule has 86 valence electrons. The van der Waals surface area contributed by atoms with E-state index < -0.39 is 17.9 Å². The predicted molar refractivity (Wildman–Crippen MR) is 60.0 cm³/mol. The Kier molecular flexibility index (Phi) is 4.02. The van der Waals surface area contributed by atoms with Gasteiger partial charge in [0, 0.05) is 5.69 Å². The molecule has 5 nitrogen and oxygen atoms in total. The molecule has 1 aromatic rings. The number of rotatable bonds is 4. The van der Waals surface area contributed by atoms with Crippen LogP contribution in [0.1, 0.15) is 12.0 Å². The van der Waals surface area contributed by atoms with Crippen LogP contribution in [0.3, 0.4) is 0 Å². The summed E-state index contributed by atoms with van der Waals surface area (Å²) in [5.74, 6) is -1.58. The van der Waals surface area contributed by atoms with Crippen molar-refractivity contribution < 1.29 is 14.7 Å². The number of carbonyl (C=O) groups is 2. The van der Waals surface area contributed by atoms with Crippen LogP contribution >= 0.6 is 0 Å². The molecule has 1 aromatic carbocycles. The molecule has 0 saturated carbocycles. The highest BCUT2D eigenvalue weighted by molar-refractivity contribution is 5.93. The van der Waals surface area contributed by atoms with Gasteiger partial charge in [-0.2, -0.15) is 0 Å². The first-order valence-corrected chi connectivity index (χ1v) is 4.84. The minimum Gasteiger partial charge on any atom is -0.480 e. The van der Waals surface area contributed by atoms with E-state index in [1.54, 1.807) is 12.1 Å². The van der Waals surface area contributed by atoms with Gasteiger partial charge in [0.1, 0.15) is 6.04 Å². The zero-order chi connectivity index (χ0) is 12.1. The summed E-state index contributed by atoms with van der Waals surface area (Å²) < 4.78 is 0. The average Bonchev–Trinajstić information content (AvgIpc) is 2.16. The molecule has 1 rings (SSSR count). The van der Waals surface area contributed by atoms with Crippen LogP contribution in [-0.2, 0) is 9.59 Å². The molecule has 0 fully saturated rings. The van der Waals surface area contributed by atoms with Crippen LogP contribution in [0.25, 0.3) is 0 Å². The second-order valence-electron chi connectivity index (χ2n) is 3.57. The van der Waals surface area contributed by atoms with Gasteiger partial charge in [-0.1, -0.05) is 12.1 Å². The first-order valence-electron chi connectivity index (χ1n) is 4.84. The lowest BCUT2D eigenvalue weighted by atomic mass is 10.2. The summed E-state index contributed by atoms with van der Waals surface area (Å²) in [5, 5.41) is 11.1. The first-order chi connectivity index (χ1) is 7.49. The van der Waals surface area contributed by atoms with Crippen LogP contribution in [0.15, 0.2) is 24.3 Å². The normalized spacial score (nSPS) is 11.9. The monoisotopic (exact) mass is 222 g/mol. The minimum atomic E-state index is -1.18. The molecular formula is C11H14N2O3. The van der Waals surface area contributed by atoms with E-state index in [1.165, 1.54) is 0 Å². The molecule has 16 heavy (non-hydrogen) atoms. The van der Waals surface area contributed by atoms with Gasteiger partial charge < -0.3 is 16.2 Å². The lowest BCUT2D eigenvalue weighted by Gasteiger charge is -2.08. The van der Waals surface area contributed by atoms with Gasteiger partial charge >= 0.3 is 5.97 Å². The lowest BCUT2D eigenvalue weighted by molar-refractivity contribution is -0.140. The van der Waals surface area contributed by atoms with Gasteiger partial charge in [-0.05, 0) is 24.6 Å². The molecule has 0 saturated heterocycles. The van der Waals surface area contributed by atoms with Crippen molar-refractivity contribution in [1.82, 2.24) is 0 Å². The summed E-state index contributed by atoms with van der Waals surface area (Å²) in [5.41, 5.74) is 6.90. The van der Waals surface area contributed by atoms with Crippen LogP contribution < -0.4 is 11.1 Å². The molecule has 0 aromatic heterocycles. The number of hydrogen-bond acceptors (Lipinski definition) is 3. The number of anilines is 1. The molecule has 0 spiro atoms. The van der Waals surface area contributed by atoms with Gasteiger partial charge in [0.2, 0.25) is 5.91 Å². The largest absolute Gasteiger partial charge is 0.480 e. The SMILES string of the molecule is Cc1cccc(NC(=O)CC(N)C(=O)O)c1. The number of amides is 1. The minimum absolute atomic E-state index is 0.233. The van der Waals surface area contributed by atoms with E-state index >= 15 is 0 Å². The van der Waals surface area contributed by atoms with Crippen LogP contribution in [0.2, 0.25) is 0 Å². The smallest absolute Gasteiger partial charge is 0.321 e. The van der Waals surface area contributed by atoms with E-state index in [2.05, 4.69) is 5.32 Å². The van der Waals surface area contributed by atoms with E-state index in [9.17, 15) is 9.59 Å². The number of aliphatic carboxylic acids is 1. The summed E-state index contributed by atoms with van der Waals surface area (Å²) in [4.78, 5) is 21.8. The fourth-order valence-electron chi connectivity index (χ4n) is 1.22. The highest BCUT2D eigenvalue weighted by Gasteiger charge is 2.16. The van der Waals surface area contributed by atoms with E-state index in [0.29, 0.717) is 5.69 Å². The van der Waals surface area contributed by atoms with Gasteiger partial charge in [-0.15, -0.1) is 0 Å². The van der Waals surface area contributed by atoms with Gasteiger partial charge in [-0.25, -0.2) is 0 Å².